The molecule has 1 N–H and O–H groups in total. The molecule has 0 aromatic carbocycles. The van der Waals surface area contributed by atoms with Crippen LogP contribution in [0, 0.1) is 17.3 Å². The van der Waals surface area contributed by atoms with Crippen molar-refractivity contribution in [1.29, 1.82) is 0 Å². The number of aliphatic hydroxyl groups excluding tert-OH is 1. The Morgan fingerprint density at radius 1 is 1.36 bits per heavy atom. The summed E-state index contributed by atoms with van der Waals surface area (Å²) < 4.78 is 4.62. The minimum atomic E-state index is -0.272. The fourth-order valence-corrected chi connectivity index (χ4v) is 4.45. The molecule has 0 aliphatic heterocycles. The lowest BCUT2D eigenvalue weighted by Crippen LogP contribution is -2.41. The van der Waals surface area contributed by atoms with Gasteiger partial charge in [-0.25, -0.2) is 0 Å². The van der Waals surface area contributed by atoms with E-state index in [2.05, 4.69) is 23.8 Å². The molecule has 4 nitrogen and oxygen atoms in total. The fourth-order valence-electron chi connectivity index (χ4n) is 4.45. The van der Waals surface area contributed by atoms with Gasteiger partial charge in [-0.05, 0) is 56.4 Å². The van der Waals surface area contributed by atoms with Gasteiger partial charge < -0.3 is 9.84 Å². The standard InChI is InChI=1S/C24H36O4/c1-3-16-24(17-9-18-24)22(26)12-8-10-19-14-15-21(25)20(19)11-6-4-5-7-13-23(27)28-2/h4,6,8,10,14-15,19-20,22,26H,3,5,7,9,11-13,16-18H2,1-2H3/b6-4-,10-8+/t19-,20+,22?/m0/s1. The van der Waals surface area contributed by atoms with Crippen LogP contribution in [0.25, 0.3) is 0 Å². The molecule has 0 aromatic rings. The number of rotatable bonds is 12. The minimum Gasteiger partial charge on any atom is -0.469 e. The molecule has 156 valence electrons. The van der Waals surface area contributed by atoms with Gasteiger partial charge in [-0.3, -0.25) is 9.59 Å². The van der Waals surface area contributed by atoms with Crippen molar-refractivity contribution in [2.45, 2.75) is 77.2 Å². The Morgan fingerprint density at radius 2 is 2.14 bits per heavy atom. The van der Waals surface area contributed by atoms with Crippen molar-refractivity contribution in [3.63, 3.8) is 0 Å². The van der Waals surface area contributed by atoms with E-state index in [1.807, 2.05) is 18.2 Å². The number of ketones is 1. The highest BCUT2D eigenvalue weighted by atomic mass is 16.5. The maximum absolute atomic E-state index is 12.2. The normalized spacial score (nSPS) is 24.8. The van der Waals surface area contributed by atoms with E-state index in [9.17, 15) is 14.7 Å². The Hall–Kier alpha value is -1.68. The number of hydrogen-bond acceptors (Lipinski definition) is 4. The van der Waals surface area contributed by atoms with Crippen LogP contribution in [0.1, 0.15) is 71.1 Å². The molecule has 0 aromatic heterocycles. The van der Waals surface area contributed by atoms with E-state index in [1.54, 1.807) is 6.08 Å². The lowest BCUT2D eigenvalue weighted by atomic mass is 9.62. The number of ether oxygens (including phenoxy) is 1. The molecule has 0 spiro atoms. The van der Waals surface area contributed by atoms with Gasteiger partial charge in [0.05, 0.1) is 13.2 Å². The molecule has 0 saturated heterocycles. The van der Waals surface area contributed by atoms with Gasteiger partial charge in [0.15, 0.2) is 5.78 Å². The topological polar surface area (TPSA) is 63.6 Å². The van der Waals surface area contributed by atoms with Crippen LogP contribution in [0.4, 0.5) is 0 Å². The Morgan fingerprint density at radius 3 is 2.79 bits per heavy atom. The minimum absolute atomic E-state index is 0.0430. The second-order valence-corrected chi connectivity index (χ2v) is 8.27. The molecule has 1 unspecified atom stereocenters. The lowest BCUT2D eigenvalue weighted by Gasteiger charge is -2.45. The van der Waals surface area contributed by atoms with E-state index < -0.39 is 0 Å². The number of esters is 1. The van der Waals surface area contributed by atoms with Crippen LogP contribution in [0.15, 0.2) is 36.5 Å². The first kappa shape index (κ1) is 22.6. The van der Waals surface area contributed by atoms with Gasteiger partial charge in [0.2, 0.25) is 0 Å². The van der Waals surface area contributed by atoms with E-state index in [0.29, 0.717) is 19.3 Å². The van der Waals surface area contributed by atoms with Crippen molar-refractivity contribution in [1.82, 2.24) is 0 Å². The number of unbranched alkanes of at least 4 members (excludes halogenated alkanes) is 1. The van der Waals surface area contributed by atoms with Crippen LogP contribution in [0.5, 0.6) is 0 Å². The third-order valence-corrected chi connectivity index (χ3v) is 6.37. The predicted octanol–water partition coefficient (Wildman–Crippen LogP) is 4.92. The third-order valence-electron chi connectivity index (χ3n) is 6.37. The molecule has 2 aliphatic rings. The zero-order valence-corrected chi connectivity index (χ0v) is 17.4. The summed E-state index contributed by atoms with van der Waals surface area (Å²) in [6.07, 6.45) is 20.8. The largest absolute Gasteiger partial charge is 0.469 e. The second-order valence-electron chi connectivity index (χ2n) is 8.27. The van der Waals surface area contributed by atoms with Crippen molar-refractivity contribution < 1.29 is 19.4 Å². The molecule has 0 heterocycles. The second kappa shape index (κ2) is 11.4. The first-order chi connectivity index (χ1) is 13.5. The summed E-state index contributed by atoms with van der Waals surface area (Å²) in [4.78, 5) is 23.2. The first-order valence-electron chi connectivity index (χ1n) is 10.8. The summed E-state index contributed by atoms with van der Waals surface area (Å²) in [7, 11) is 1.40. The zero-order valence-electron chi connectivity index (χ0n) is 17.4. The van der Waals surface area contributed by atoms with Gasteiger partial charge >= 0.3 is 5.97 Å². The molecule has 0 bridgehead atoms. The van der Waals surface area contributed by atoms with E-state index in [4.69, 9.17) is 0 Å². The summed E-state index contributed by atoms with van der Waals surface area (Å²) in [6.45, 7) is 2.19. The molecule has 28 heavy (non-hydrogen) atoms. The highest BCUT2D eigenvalue weighted by Crippen LogP contribution is 2.48. The fraction of sp³-hybridized carbons (Fsp3) is 0.667. The number of methoxy groups -OCH3 is 1. The molecule has 2 rings (SSSR count). The lowest BCUT2D eigenvalue weighted by molar-refractivity contribution is -0.140. The van der Waals surface area contributed by atoms with E-state index >= 15 is 0 Å². The number of hydrogen-bond donors (Lipinski definition) is 1. The van der Waals surface area contributed by atoms with E-state index in [1.165, 1.54) is 13.5 Å². The molecular weight excluding hydrogens is 352 g/mol. The third kappa shape index (κ3) is 6.16. The van der Waals surface area contributed by atoms with Gasteiger partial charge in [0, 0.05) is 18.3 Å². The highest BCUT2D eigenvalue weighted by Gasteiger charge is 2.41. The molecule has 1 saturated carbocycles. The number of carbonyl (C=O) groups excluding carboxylic acids is 2. The molecule has 4 heteroatoms. The van der Waals surface area contributed by atoms with Crippen LogP contribution < -0.4 is 0 Å². The SMILES string of the molecule is CCCC1(C(O)C/C=C/[C@H]2C=CC(=O)[C@@H]2C/C=C\CCCC(=O)OC)CCC1. The Labute approximate surface area is 169 Å². The highest BCUT2D eigenvalue weighted by molar-refractivity contribution is 5.95. The van der Waals surface area contributed by atoms with Gasteiger partial charge in [-0.15, -0.1) is 0 Å². The van der Waals surface area contributed by atoms with Crippen LogP contribution in [-0.4, -0.2) is 30.1 Å². The quantitative estimate of drug-likeness (QED) is 0.293. The van der Waals surface area contributed by atoms with Crippen molar-refractivity contribution in [3.05, 3.63) is 36.5 Å². The predicted molar refractivity (Wildman–Crippen MR) is 112 cm³/mol. The van der Waals surface area contributed by atoms with Gasteiger partial charge in [-0.2, -0.15) is 0 Å². The Balaban J connectivity index is 1.77. The first-order valence-corrected chi connectivity index (χ1v) is 10.8. The summed E-state index contributed by atoms with van der Waals surface area (Å²) in [5.74, 6) is 0.0657. The average molecular weight is 389 g/mol. The van der Waals surface area contributed by atoms with Crippen molar-refractivity contribution in [2.75, 3.05) is 7.11 Å². The van der Waals surface area contributed by atoms with Gasteiger partial charge in [0.1, 0.15) is 0 Å². The number of aliphatic hydroxyl groups is 1. The van der Waals surface area contributed by atoms with Crippen LogP contribution in [-0.2, 0) is 14.3 Å². The summed E-state index contributed by atoms with van der Waals surface area (Å²) in [5.41, 5.74) is 0.132. The maximum atomic E-state index is 12.2. The molecule has 3 atom stereocenters. The monoisotopic (exact) mass is 388 g/mol. The smallest absolute Gasteiger partial charge is 0.305 e. The maximum Gasteiger partial charge on any atom is 0.305 e. The zero-order chi connectivity index (χ0) is 20.4. The Bertz CT molecular complexity index is 598. The summed E-state index contributed by atoms with van der Waals surface area (Å²) in [5, 5.41) is 10.6. The van der Waals surface area contributed by atoms with E-state index in [0.717, 1.165) is 38.5 Å². The number of carbonyl (C=O) groups is 2. The average Bonchev–Trinajstić information content (AvgIpc) is 3.00. The van der Waals surface area contributed by atoms with Gasteiger partial charge in [0.25, 0.3) is 0 Å². The van der Waals surface area contributed by atoms with Crippen molar-refractivity contribution in [3.8, 4) is 0 Å². The van der Waals surface area contributed by atoms with Crippen molar-refractivity contribution >= 4 is 11.8 Å². The number of allylic oxidation sites excluding steroid dienone is 5. The van der Waals surface area contributed by atoms with Crippen molar-refractivity contribution in [2.24, 2.45) is 17.3 Å². The van der Waals surface area contributed by atoms with E-state index in [-0.39, 0.29) is 35.1 Å². The molecular formula is C24H36O4. The summed E-state index contributed by atoms with van der Waals surface area (Å²) in [6, 6.07) is 0. The Kier molecular flexibility index (Phi) is 9.17. The van der Waals surface area contributed by atoms with Gasteiger partial charge in [-0.1, -0.05) is 50.1 Å². The summed E-state index contributed by atoms with van der Waals surface area (Å²) >= 11 is 0. The molecule has 1 fully saturated rings. The molecule has 2 aliphatic carbocycles. The van der Waals surface area contributed by atoms with Crippen LogP contribution in [0.3, 0.4) is 0 Å². The van der Waals surface area contributed by atoms with Crippen LogP contribution >= 0.6 is 0 Å². The van der Waals surface area contributed by atoms with Crippen LogP contribution in [0.2, 0.25) is 0 Å². The molecule has 0 radical (unpaired) electrons. The molecule has 0 amide bonds.